The van der Waals surface area contributed by atoms with E-state index in [1.165, 1.54) is 0 Å². The van der Waals surface area contributed by atoms with Gasteiger partial charge in [-0.1, -0.05) is 22.6 Å². The summed E-state index contributed by atoms with van der Waals surface area (Å²) in [4.78, 5) is 13.5. The van der Waals surface area contributed by atoms with Gasteiger partial charge in [0.05, 0.1) is 6.61 Å². The molecule has 1 rings (SSSR count). The Kier molecular flexibility index (Phi) is 5.15. The van der Waals surface area contributed by atoms with Crippen molar-refractivity contribution in [2.24, 2.45) is 5.92 Å². The molecule has 0 radical (unpaired) electrons. The lowest BCUT2D eigenvalue weighted by molar-refractivity contribution is -0.144. The molecule has 0 amide bonds. The van der Waals surface area contributed by atoms with Gasteiger partial charge in [-0.2, -0.15) is 0 Å². The van der Waals surface area contributed by atoms with Crippen molar-refractivity contribution in [3.63, 3.8) is 0 Å². The Morgan fingerprint density at radius 1 is 1.57 bits per heavy atom. The highest BCUT2D eigenvalue weighted by Crippen LogP contribution is 2.16. The Labute approximate surface area is 99.3 Å². The van der Waals surface area contributed by atoms with Crippen LogP contribution in [0.5, 0.6) is 0 Å². The second-order valence-electron chi connectivity index (χ2n) is 3.99. The second kappa shape index (κ2) is 5.90. The molecule has 1 unspecified atom stereocenters. The zero-order valence-electron chi connectivity index (χ0n) is 8.83. The number of piperidine rings is 1. The highest BCUT2D eigenvalue weighted by Gasteiger charge is 2.19. The predicted molar refractivity (Wildman–Crippen MR) is 64.7 cm³/mol. The van der Waals surface area contributed by atoms with Crippen molar-refractivity contribution in [3.8, 4) is 0 Å². The number of hydrogen-bond acceptors (Lipinski definition) is 3. The van der Waals surface area contributed by atoms with Crippen LogP contribution >= 0.6 is 22.6 Å². The van der Waals surface area contributed by atoms with Crippen LogP contribution in [-0.2, 0) is 9.53 Å². The minimum atomic E-state index is -0.0791. The highest BCUT2D eigenvalue weighted by molar-refractivity contribution is 14.1. The molecule has 0 N–H and O–H groups in total. The molecule has 1 fully saturated rings. The van der Waals surface area contributed by atoms with Gasteiger partial charge in [0.25, 0.3) is 0 Å². The number of rotatable bonds is 3. The number of ether oxygens (including phenoxy) is 1. The summed E-state index contributed by atoms with van der Waals surface area (Å²) in [6.07, 6.45) is 2.30. The zero-order valence-corrected chi connectivity index (χ0v) is 11.0. The number of alkyl halides is 1. The van der Waals surface area contributed by atoms with E-state index in [1.807, 2.05) is 6.92 Å². The third kappa shape index (κ3) is 4.13. The summed E-state index contributed by atoms with van der Waals surface area (Å²) in [5, 5.41) is 0. The molecule has 82 valence electrons. The molecule has 1 heterocycles. The average molecular weight is 311 g/mol. The van der Waals surface area contributed by atoms with Gasteiger partial charge in [0.2, 0.25) is 0 Å². The van der Waals surface area contributed by atoms with Gasteiger partial charge in [-0.05, 0) is 45.8 Å². The molecule has 1 aliphatic rings. The number of carbonyl (C=O) groups is 1. The maximum atomic E-state index is 11.2. The first-order chi connectivity index (χ1) is 6.59. The largest absolute Gasteiger partial charge is 0.465 e. The first-order valence-electron chi connectivity index (χ1n) is 5.09. The molecule has 0 aromatic rings. The molecule has 0 saturated carbocycles. The third-order valence-corrected chi connectivity index (χ3v) is 3.13. The van der Waals surface area contributed by atoms with Crippen LogP contribution in [0.25, 0.3) is 0 Å². The minimum absolute atomic E-state index is 0.0288. The van der Waals surface area contributed by atoms with Gasteiger partial charge in [0.15, 0.2) is 0 Å². The molecule has 4 heteroatoms. The molecule has 0 spiro atoms. The van der Waals surface area contributed by atoms with E-state index >= 15 is 0 Å². The van der Waals surface area contributed by atoms with E-state index in [-0.39, 0.29) is 9.89 Å². The van der Waals surface area contributed by atoms with Gasteiger partial charge in [-0.25, -0.2) is 0 Å². The first-order valence-corrected chi connectivity index (χ1v) is 6.33. The standard InChI is InChI=1S/C10H18INO2/c1-8(11)10(13)14-7-9-3-5-12(2)6-4-9/h8-9H,3-7H2,1-2H3. The summed E-state index contributed by atoms with van der Waals surface area (Å²) < 4.78 is 5.18. The molecular weight excluding hydrogens is 293 g/mol. The van der Waals surface area contributed by atoms with Crippen LogP contribution in [0.2, 0.25) is 0 Å². The monoisotopic (exact) mass is 311 g/mol. The number of carbonyl (C=O) groups excluding carboxylic acids is 1. The van der Waals surface area contributed by atoms with Crippen LogP contribution in [0, 0.1) is 5.92 Å². The van der Waals surface area contributed by atoms with Crippen molar-refractivity contribution in [2.75, 3.05) is 26.7 Å². The van der Waals surface area contributed by atoms with Gasteiger partial charge in [0, 0.05) is 0 Å². The van der Waals surface area contributed by atoms with Crippen molar-refractivity contribution >= 4 is 28.6 Å². The van der Waals surface area contributed by atoms with Crippen LogP contribution in [0.3, 0.4) is 0 Å². The van der Waals surface area contributed by atoms with Crippen LogP contribution in [-0.4, -0.2) is 41.5 Å². The molecule has 0 aromatic carbocycles. The minimum Gasteiger partial charge on any atom is -0.465 e. The molecule has 1 aliphatic heterocycles. The first kappa shape index (κ1) is 12.2. The van der Waals surface area contributed by atoms with E-state index in [0.717, 1.165) is 25.9 Å². The van der Waals surface area contributed by atoms with Gasteiger partial charge in [0.1, 0.15) is 3.92 Å². The van der Waals surface area contributed by atoms with Crippen molar-refractivity contribution in [2.45, 2.75) is 23.7 Å². The van der Waals surface area contributed by atoms with Crippen molar-refractivity contribution in [3.05, 3.63) is 0 Å². The van der Waals surface area contributed by atoms with Gasteiger partial charge in [-0.15, -0.1) is 0 Å². The SMILES string of the molecule is CC(I)C(=O)OCC1CCN(C)CC1. The Balaban J connectivity index is 2.16. The van der Waals surface area contributed by atoms with E-state index in [0.29, 0.717) is 12.5 Å². The lowest BCUT2D eigenvalue weighted by Crippen LogP contribution is -2.32. The van der Waals surface area contributed by atoms with Gasteiger partial charge in [-0.3, -0.25) is 4.79 Å². The Hall–Kier alpha value is 0.160. The molecule has 14 heavy (non-hydrogen) atoms. The molecule has 0 aromatic heterocycles. The van der Waals surface area contributed by atoms with Crippen molar-refractivity contribution < 1.29 is 9.53 Å². The zero-order chi connectivity index (χ0) is 10.6. The lowest BCUT2D eigenvalue weighted by atomic mass is 9.98. The molecular formula is C10H18INO2. The fourth-order valence-corrected chi connectivity index (χ4v) is 1.72. The maximum Gasteiger partial charge on any atom is 0.318 e. The normalized spacial score (nSPS) is 21.9. The van der Waals surface area contributed by atoms with Gasteiger partial charge < -0.3 is 9.64 Å². The number of hydrogen-bond donors (Lipinski definition) is 0. The number of likely N-dealkylation sites (tertiary alicyclic amines) is 1. The fourth-order valence-electron chi connectivity index (χ4n) is 1.54. The smallest absolute Gasteiger partial charge is 0.318 e. The third-order valence-electron chi connectivity index (χ3n) is 2.62. The van der Waals surface area contributed by atoms with E-state index < -0.39 is 0 Å². The van der Waals surface area contributed by atoms with Crippen LogP contribution in [0.15, 0.2) is 0 Å². The summed E-state index contributed by atoms with van der Waals surface area (Å²) in [5.74, 6) is 0.495. The number of nitrogens with zero attached hydrogens (tertiary/aromatic N) is 1. The molecule has 0 bridgehead atoms. The average Bonchev–Trinajstić information content (AvgIpc) is 2.16. The van der Waals surface area contributed by atoms with Crippen molar-refractivity contribution in [1.29, 1.82) is 0 Å². The highest BCUT2D eigenvalue weighted by atomic mass is 127. The molecule has 3 nitrogen and oxygen atoms in total. The van der Waals surface area contributed by atoms with Crippen LogP contribution in [0.1, 0.15) is 19.8 Å². The summed E-state index contributed by atoms with van der Waals surface area (Å²) in [6, 6.07) is 0. The summed E-state index contributed by atoms with van der Waals surface area (Å²) >= 11 is 2.08. The maximum absolute atomic E-state index is 11.2. The number of halogens is 1. The quantitative estimate of drug-likeness (QED) is 0.451. The lowest BCUT2D eigenvalue weighted by Gasteiger charge is -2.28. The molecule has 1 saturated heterocycles. The van der Waals surface area contributed by atoms with E-state index in [2.05, 4.69) is 34.5 Å². The molecule has 1 atom stereocenters. The Morgan fingerprint density at radius 3 is 2.64 bits per heavy atom. The Morgan fingerprint density at radius 2 is 2.14 bits per heavy atom. The number of esters is 1. The van der Waals surface area contributed by atoms with E-state index in [9.17, 15) is 4.79 Å². The Bertz CT molecular complexity index is 189. The van der Waals surface area contributed by atoms with Crippen LogP contribution < -0.4 is 0 Å². The summed E-state index contributed by atoms with van der Waals surface area (Å²) in [5.41, 5.74) is 0. The summed E-state index contributed by atoms with van der Waals surface area (Å²) in [6.45, 7) is 4.72. The summed E-state index contributed by atoms with van der Waals surface area (Å²) in [7, 11) is 2.13. The second-order valence-corrected chi connectivity index (χ2v) is 5.86. The van der Waals surface area contributed by atoms with Crippen molar-refractivity contribution in [1.82, 2.24) is 4.90 Å². The van der Waals surface area contributed by atoms with E-state index in [1.54, 1.807) is 0 Å². The van der Waals surface area contributed by atoms with Crippen LogP contribution in [0.4, 0.5) is 0 Å². The molecule has 0 aliphatic carbocycles. The fraction of sp³-hybridized carbons (Fsp3) is 0.900. The van der Waals surface area contributed by atoms with Gasteiger partial charge >= 0.3 is 5.97 Å². The topological polar surface area (TPSA) is 29.5 Å². The predicted octanol–water partition coefficient (Wildman–Crippen LogP) is 1.69. The van der Waals surface area contributed by atoms with E-state index in [4.69, 9.17) is 4.74 Å².